The van der Waals surface area contributed by atoms with Crippen molar-refractivity contribution in [2.45, 2.75) is 37.3 Å². The van der Waals surface area contributed by atoms with Crippen molar-refractivity contribution in [1.82, 2.24) is 15.3 Å². The van der Waals surface area contributed by atoms with Crippen molar-refractivity contribution in [1.29, 1.82) is 0 Å². The topological polar surface area (TPSA) is 54.9 Å². The van der Waals surface area contributed by atoms with Crippen molar-refractivity contribution in [3.8, 4) is 0 Å². The summed E-state index contributed by atoms with van der Waals surface area (Å²) >= 11 is 9.28. The molecule has 2 aromatic heterocycles. The van der Waals surface area contributed by atoms with Crippen LogP contribution in [-0.4, -0.2) is 21.6 Å². The Hall–Kier alpha value is -1.63. The maximum atomic E-state index is 12.4. The van der Waals surface area contributed by atoms with Gasteiger partial charge >= 0.3 is 0 Å². The van der Waals surface area contributed by atoms with Gasteiger partial charge < -0.3 is 5.32 Å². The summed E-state index contributed by atoms with van der Waals surface area (Å²) in [5.41, 5.74) is 2.39. The van der Waals surface area contributed by atoms with E-state index in [1.165, 1.54) is 28.6 Å². The van der Waals surface area contributed by atoms with Crippen molar-refractivity contribution in [3.05, 3.63) is 51.6 Å². The van der Waals surface area contributed by atoms with E-state index in [0.717, 1.165) is 33.6 Å². The largest absolute Gasteiger partial charge is 0.349 e. The summed E-state index contributed by atoms with van der Waals surface area (Å²) in [4.78, 5) is 23.7. The first-order chi connectivity index (χ1) is 12.6. The minimum atomic E-state index is -0.0855. The molecule has 0 fully saturated rings. The number of aromatic nitrogens is 2. The quantitative estimate of drug-likeness (QED) is 0.491. The zero-order valence-electron chi connectivity index (χ0n) is 14.3. The van der Waals surface area contributed by atoms with E-state index in [0.29, 0.717) is 10.8 Å². The lowest BCUT2D eigenvalue weighted by Gasteiger charge is -2.14. The second kappa shape index (κ2) is 7.55. The van der Waals surface area contributed by atoms with Crippen molar-refractivity contribution >= 4 is 50.8 Å². The lowest BCUT2D eigenvalue weighted by Crippen LogP contribution is -2.28. The summed E-state index contributed by atoms with van der Waals surface area (Å²) in [5.74, 6) is 0.322. The van der Waals surface area contributed by atoms with Crippen LogP contribution in [0.15, 0.2) is 35.6 Å². The number of rotatable bonds is 5. The van der Waals surface area contributed by atoms with Gasteiger partial charge in [0.2, 0.25) is 5.91 Å². The molecule has 0 bridgehead atoms. The predicted molar refractivity (Wildman–Crippen MR) is 108 cm³/mol. The van der Waals surface area contributed by atoms with Gasteiger partial charge in [0.15, 0.2) is 0 Å². The van der Waals surface area contributed by atoms with Crippen LogP contribution >= 0.6 is 34.7 Å². The van der Waals surface area contributed by atoms with Crippen molar-refractivity contribution in [2.24, 2.45) is 0 Å². The molecule has 1 aliphatic rings. The highest BCUT2D eigenvalue weighted by Gasteiger charge is 2.21. The van der Waals surface area contributed by atoms with Gasteiger partial charge in [-0.3, -0.25) is 4.79 Å². The monoisotopic (exact) mass is 403 g/mol. The molecule has 1 unspecified atom stereocenters. The predicted octanol–water partition coefficient (Wildman–Crippen LogP) is 4.80. The van der Waals surface area contributed by atoms with Crippen LogP contribution < -0.4 is 5.32 Å². The molecule has 1 aromatic carbocycles. The fraction of sp³-hybridized carbons (Fsp3) is 0.316. The number of halogens is 1. The van der Waals surface area contributed by atoms with E-state index in [4.69, 9.17) is 11.6 Å². The van der Waals surface area contributed by atoms with Gasteiger partial charge in [-0.2, -0.15) is 0 Å². The number of benzene rings is 1. The molecular formula is C19H18ClN3OS2. The number of nitrogens with zero attached hydrogens (tertiary/aromatic N) is 2. The fourth-order valence-corrected chi connectivity index (χ4v) is 5.61. The third-order valence-corrected chi connectivity index (χ3v) is 6.96. The molecule has 1 amide bonds. The second-order valence-corrected chi connectivity index (χ2v) is 8.83. The van der Waals surface area contributed by atoms with Gasteiger partial charge in [0.1, 0.15) is 16.2 Å². The number of carbonyl (C=O) groups is 1. The van der Waals surface area contributed by atoms with Crippen LogP contribution in [0.1, 0.15) is 35.4 Å². The summed E-state index contributed by atoms with van der Waals surface area (Å²) < 4.78 is 0. The van der Waals surface area contributed by atoms with E-state index in [9.17, 15) is 4.79 Å². The molecule has 1 N–H and O–H groups in total. The average molecular weight is 404 g/mol. The third-order valence-electron chi connectivity index (χ3n) is 4.53. The summed E-state index contributed by atoms with van der Waals surface area (Å²) in [7, 11) is 0. The van der Waals surface area contributed by atoms with E-state index in [1.54, 1.807) is 17.7 Å². The first-order valence-electron chi connectivity index (χ1n) is 8.54. The number of hydrogen-bond acceptors (Lipinski definition) is 5. The van der Waals surface area contributed by atoms with E-state index in [1.807, 2.05) is 31.2 Å². The fourth-order valence-electron chi connectivity index (χ4n) is 3.29. The lowest BCUT2D eigenvalue weighted by atomic mass is 10.1. The Labute approximate surface area is 165 Å². The number of thioether (sulfide) groups is 1. The molecule has 1 aliphatic carbocycles. The van der Waals surface area contributed by atoms with E-state index < -0.39 is 0 Å². The van der Waals surface area contributed by atoms with Gasteiger partial charge in [-0.25, -0.2) is 9.97 Å². The molecule has 4 rings (SSSR count). The van der Waals surface area contributed by atoms with Crippen LogP contribution in [0.2, 0.25) is 5.02 Å². The van der Waals surface area contributed by atoms with E-state index >= 15 is 0 Å². The third kappa shape index (κ3) is 3.59. The molecule has 1 atom stereocenters. The summed E-state index contributed by atoms with van der Waals surface area (Å²) in [5, 5.41) is 5.78. The maximum Gasteiger partial charge on any atom is 0.230 e. The first kappa shape index (κ1) is 17.8. The number of hydrogen-bond donors (Lipinski definition) is 1. The van der Waals surface area contributed by atoms with Crippen molar-refractivity contribution in [3.63, 3.8) is 0 Å². The molecule has 134 valence electrons. The highest BCUT2D eigenvalue weighted by Crippen LogP contribution is 2.39. The molecule has 0 spiro atoms. The Balaban J connectivity index is 1.44. The number of nitrogens with one attached hydrogen (secondary N) is 1. The van der Waals surface area contributed by atoms with E-state index in [-0.39, 0.29) is 11.9 Å². The van der Waals surface area contributed by atoms with Crippen LogP contribution in [0.5, 0.6) is 0 Å². The Morgan fingerprint density at radius 1 is 1.38 bits per heavy atom. The molecule has 3 aromatic rings. The molecule has 26 heavy (non-hydrogen) atoms. The number of amides is 1. The highest BCUT2D eigenvalue weighted by atomic mass is 35.5. The average Bonchev–Trinajstić information content (AvgIpc) is 3.20. The number of carbonyl (C=O) groups excluding carboxylic acids is 1. The molecular weight excluding hydrogens is 386 g/mol. The lowest BCUT2D eigenvalue weighted by molar-refractivity contribution is -0.119. The highest BCUT2D eigenvalue weighted by molar-refractivity contribution is 8.00. The summed E-state index contributed by atoms with van der Waals surface area (Å²) in [6.45, 7) is 1.96. The summed E-state index contributed by atoms with van der Waals surface area (Å²) in [6, 6.07) is 7.48. The first-order valence-corrected chi connectivity index (χ1v) is 10.7. The van der Waals surface area contributed by atoms with Gasteiger partial charge in [0.25, 0.3) is 0 Å². The summed E-state index contributed by atoms with van der Waals surface area (Å²) in [6.07, 6.45) is 5.03. The van der Waals surface area contributed by atoms with Crippen LogP contribution in [0.25, 0.3) is 10.2 Å². The zero-order valence-corrected chi connectivity index (χ0v) is 16.7. The minimum Gasteiger partial charge on any atom is -0.349 e. The van der Waals surface area contributed by atoms with Gasteiger partial charge in [-0.15, -0.1) is 11.3 Å². The molecule has 0 radical (unpaired) electrons. The van der Waals surface area contributed by atoms with Crippen LogP contribution in [0.4, 0.5) is 0 Å². The normalized spacial score (nSPS) is 14.4. The molecule has 0 aliphatic heterocycles. The number of aryl methyl sites for hydroxylation is 2. The zero-order chi connectivity index (χ0) is 18.1. The van der Waals surface area contributed by atoms with Gasteiger partial charge in [-0.05, 0) is 49.4 Å². The van der Waals surface area contributed by atoms with E-state index in [2.05, 4.69) is 15.3 Å². The van der Waals surface area contributed by atoms with Gasteiger partial charge in [-0.1, -0.05) is 35.5 Å². The Morgan fingerprint density at radius 3 is 3.12 bits per heavy atom. The minimum absolute atomic E-state index is 0.0129. The standard InChI is InChI=1S/C19H18ClN3OS2/c1-11(12-4-2-5-13(20)8-12)23-16(24)9-25-18-17-14-6-3-7-15(14)26-19(17)22-10-21-18/h2,4-5,8,10-11H,3,6-7,9H2,1H3,(H,23,24). The van der Waals surface area contributed by atoms with Crippen LogP contribution in [0.3, 0.4) is 0 Å². The second-order valence-electron chi connectivity index (χ2n) is 6.35. The number of fused-ring (bicyclic) bond motifs is 3. The Kier molecular flexibility index (Phi) is 5.16. The molecule has 2 heterocycles. The van der Waals surface area contributed by atoms with Crippen molar-refractivity contribution in [2.75, 3.05) is 5.75 Å². The maximum absolute atomic E-state index is 12.4. The van der Waals surface area contributed by atoms with Crippen LogP contribution in [0, 0.1) is 0 Å². The van der Waals surface area contributed by atoms with Gasteiger partial charge in [0.05, 0.1) is 11.8 Å². The Morgan fingerprint density at radius 2 is 2.27 bits per heavy atom. The molecule has 4 nitrogen and oxygen atoms in total. The molecule has 0 saturated heterocycles. The molecule has 7 heteroatoms. The van der Waals surface area contributed by atoms with Gasteiger partial charge in [0, 0.05) is 15.3 Å². The number of thiophene rings is 1. The smallest absolute Gasteiger partial charge is 0.230 e. The van der Waals surface area contributed by atoms with Crippen LogP contribution in [-0.2, 0) is 17.6 Å². The Bertz CT molecular complexity index is 973. The van der Waals surface area contributed by atoms with Crippen molar-refractivity contribution < 1.29 is 4.79 Å². The molecule has 0 saturated carbocycles. The SMILES string of the molecule is CC(NC(=O)CSc1ncnc2sc3c(c12)CCC3)c1cccc(Cl)c1.